The molecular formula is C52H85N7S. The third kappa shape index (κ3) is 25.9. The predicted molar refractivity (Wildman–Crippen MR) is 270 cm³/mol. The number of fused-ring (bicyclic) bond motifs is 1. The van der Waals surface area contributed by atoms with Gasteiger partial charge in [0.05, 0.1) is 28.3 Å². The number of anilines is 1. The summed E-state index contributed by atoms with van der Waals surface area (Å²) in [5, 5.41) is 6.70. The molecule has 0 radical (unpaired) electrons. The Balaban J connectivity index is -0.000000731. The lowest BCUT2D eigenvalue weighted by Crippen LogP contribution is -2.30. The number of nitrogens with one attached hydrogen (secondary N) is 1. The van der Waals surface area contributed by atoms with Crippen LogP contribution in [0.25, 0.3) is 10.9 Å². The van der Waals surface area contributed by atoms with Gasteiger partial charge in [-0.2, -0.15) is 0 Å². The van der Waals surface area contributed by atoms with Crippen LogP contribution in [0.4, 0.5) is 5.69 Å². The fourth-order valence-electron chi connectivity index (χ4n) is 5.08. The van der Waals surface area contributed by atoms with Crippen LogP contribution in [0.15, 0.2) is 127 Å². The van der Waals surface area contributed by atoms with Crippen LogP contribution in [-0.2, 0) is 26.2 Å². The minimum Gasteiger partial charge on any atom is -0.381 e. The maximum Gasteiger partial charge on any atom is 0.0933 e. The van der Waals surface area contributed by atoms with Gasteiger partial charge in [-0.05, 0) is 102 Å². The number of benzene rings is 1. The molecule has 7 nitrogen and oxygen atoms in total. The van der Waals surface area contributed by atoms with Gasteiger partial charge in [0, 0.05) is 79.4 Å². The molecule has 334 valence electrons. The quantitative estimate of drug-likeness (QED) is 0.132. The summed E-state index contributed by atoms with van der Waals surface area (Å²) in [5.41, 5.74) is 5.49. The monoisotopic (exact) mass is 840 g/mol. The molecule has 0 spiro atoms. The molecule has 5 heterocycles. The van der Waals surface area contributed by atoms with Gasteiger partial charge in [-0.3, -0.25) is 29.7 Å². The summed E-state index contributed by atoms with van der Waals surface area (Å²) >= 11 is 1.82. The first kappa shape index (κ1) is 59.8. The van der Waals surface area contributed by atoms with E-state index in [1.807, 2.05) is 148 Å². The maximum atomic E-state index is 4.39. The molecule has 60 heavy (non-hydrogen) atoms. The van der Waals surface area contributed by atoms with E-state index in [4.69, 9.17) is 0 Å². The second-order valence-corrected chi connectivity index (χ2v) is 13.8. The van der Waals surface area contributed by atoms with Crippen molar-refractivity contribution in [3.63, 3.8) is 0 Å². The molecule has 0 amide bonds. The van der Waals surface area contributed by atoms with Crippen molar-refractivity contribution in [2.75, 3.05) is 5.32 Å². The molecule has 6 aromatic rings. The Morgan fingerprint density at radius 3 is 1.25 bits per heavy atom. The lowest BCUT2D eigenvalue weighted by atomic mass is 10.2. The Labute approximate surface area is 373 Å². The zero-order valence-electron chi connectivity index (χ0n) is 39.8. The van der Waals surface area contributed by atoms with Crippen LogP contribution in [0.2, 0.25) is 0 Å². The first-order chi connectivity index (χ1) is 28.8. The molecule has 8 heteroatoms. The minimum atomic E-state index is 0. The summed E-state index contributed by atoms with van der Waals surface area (Å²) < 4.78 is 0. The van der Waals surface area contributed by atoms with Gasteiger partial charge < -0.3 is 5.32 Å². The van der Waals surface area contributed by atoms with E-state index in [1.54, 1.807) is 0 Å². The lowest BCUT2D eigenvalue weighted by Gasteiger charge is -2.25. The molecule has 6 rings (SSSR count). The molecule has 0 unspecified atom stereocenters. The van der Waals surface area contributed by atoms with E-state index in [9.17, 15) is 0 Å². The molecule has 1 aromatic carbocycles. The molecule has 0 aliphatic rings. The van der Waals surface area contributed by atoms with Crippen LogP contribution in [0, 0.1) is 0 Å². The van der Waals surface area contributed by atoms with Crippen molar-refractivity contribution in [2.45, 2.75) is 163 Å². The van der Waals surface area contributed by atoms with Crippen LogP contribution >= 0.6 is 11.3 Å². The molecule has 0 saturated carbocycles. The predicted octanol–water partition coefficient (Wildman–Crippen LogP) is 15.3. The molecule has 0 fully saturated rings. The third-order valence-corrected chi connectivity index (χ3v) is 8.61. The summed E-state index contributed by atoms with van der Waals surface area (Å²) in [7, 11) is 0. The van der Waals surface area contributed by atoms with Crippen LogP contribution in [0.3, 0.4) is 0 Å². The van der Waals surface area contributed by atoms with Crippen molar-refractivity contribution in [1.82, 2.24) is 29.7 Å². The minimum absolute atomic E-state index is 0. The van der Waals surface area contributed by atoms with E-state index in [1.165, 1.54) is 10.3 Å². The van der Waals surface area contributed by atoms with Crippen molar-refractivity contribution in [3.05, 3.63) is 149 Å². The van der Waals surface area contributed by atoms with Crippen molar-refractivity contribution in [2.24, 2.45) is 0 Å². The molecule has 0 aliphatic carbocycles. The Morgan fingerprint density at radius 1 is 0.467 bits per heavy atom. The van der Waals surface area contributed by atoms with Crippen molar-refractivity contribution < 1.29 is 0 Å². The number of nitrogens with zero attached hydrogens (tertiary/aromatic N) is 6. The molecule has 0 aliphatic heterocycles. The molecule has 0 saturated heterocycles. The Bertz CT molecular complexity index is 1680. The van der Waals surface area contributed by atoms with Gasteiger partial charge in [0.2, 0.25) is 0 Å². The highest BCUT2D eigenvalue weighted by Crippen LogP contribution is 2.21. The van der Waals surface area contributed by atoms with Crippen LogP contribution in [0.5, 0.6) is 0 Å². The van der Waals surface area contributed by atoms with Gasteiger partial charge in [-0.15, -0.1) is 11.3 Å². The summed E-state index contributed by atoms with van der Waals surface area (Å²) in [6.45, 7) is 36.8. The number of aromatic nitrogens is 4. The Kier molecular flexibility index (Phi) is 39.8. The second kappa shape index (κ2) is 39.9. The van der Waals surface area contributed by atoms with E-state index in [0.29, 0.717) is 18.1 Å². The van der Waals surface area contributed by atoms with Gasteiger partial charge in [0.1, 0.15) is 0 Å². The fourth-order valence-corrected chi connectivity index (χ4v) is 5.81. The summed E-state index contributed by atoms with van der Waals surface area (Å²) in [6, 6.07) is 34.1. The van der Waals surface area contributed by atoms with E-state index in [0.717, 1.165) is 54.5 Å². The highest BCUT2D eigenvalue weighted by molar-refractivity contribution is 7.09. The number of hydrogen-bond donors (Lipinski definition) is 1. The smallest absolute Gasteiger partial charge is 0.0933 e. The lowest BCUT2D eigenvalue weighted by molar-refractivity contribution is 0.199. The highest BCUT2D eigenvalue weighted by Gasteiger charge is 2.13. The molecule has 1 N–H and O–H groups in total. The van der Waals surface area contributed by atoms with Crippen LogP contribution in [0.1, 0.15) is 140 Å². The maximum absolute atomic E-state index is 4.39. The zero-order chi connectivity index (χ0) is 44.8. The number of thiophene rings is 1. The summed E-state index contributed by atoms with van der Waals surface area (Å²) in [6.07, 6.45) is 7.37. The number of hydrogen-bond acceptors (Lipinski definition) is 8. The first-order valence-corrected chi connectivity index (χ1v) is 23.0. The van der Waals surface area contributed by atoms with Gasteiger partial charge in [0.15, 0.2) is 0 Å². The zero-order valence-corrected chi connectivity index (χ0v) is 40.6. The van der Waals surface area contributed by atoms with Crippen molar-refractivity contribution in [3.8, 4) is 0 Å². The second-order valence-electron chi connectivity index (χ2n) is 12.7. The molecule has 5 aromatic heterocycles. The average molecular weight is 840 g/mol. The molecule has 0 atom stereocenters. The van der Waals surface area contributed by atoms with E-state index < -0.39 is 0 Å². The summed E-state index contributed by atoms with van der Waals surface area (Å²) in [4.78, 5) is 23.7. The average Bonchev–Trinajstić information content (AvgIpc) is 3.82. The number of rotatable bonds is 12. The highest BCUT2D eigenvalue weighted by atomic mass is 32.1. The van der Waals surface area contributed by atoms with Gasteiger partial charge in [0.25, 0.3) is 0 Å². The normalized spacial score (nSPS) is 9.55. The van der Waals surface area contributed by atoms with E-state index in [2.05, 4.69) is 137 Å². The van der Waals surface area contributed by atoms with Crippen LogP contribution < -0.4 is 5.32 Å². The molecular weight excluding hydrogens is 755 g/mol. The van der Waals surface area contributed by atoms with Gasteiger partial charge in [-0.1, -0.05) is 119 Å². The van der Waals surface area contributed by atoms with Gasteiger partial charge >= 0.3 is 0 Å². The topological polar surface area (TPSA) is 70.1 Å². The summed E-state index contributed by atoms with van der Waals surface area (Å²) in [5.74, 6) is 0. The number of para-hydroxylation sites is 1. The Hall–Kier alpha value is -4.50. The Morgan fingerprint density at radius 2 is 0.883 bits per heavy atom. The third-order valence-electron chi connectivity index (χ3n) is 7.75. The van der Waals surface area contributed by atoms with Gasteiger partial charge in [-0.25, -0.2) is 0 Å². The van der Waals surface area contributed by atoms with E-state index >= 15 is 0 Å². The SMILES string of the molecule is C.CC.CC.CC.CC.CC.CC(C)N(Cc1ccccn1)Cc1ccccn1.CC(C)N(Cc1ccccn1)Cc1cccs1.CC(C)Nc1cccc2cccnc12. The number of pyridine rings is 4. The van der Waals surface area contributed by atoms with Crippen LogP contribution in [-0.4, -0.2) is 47.9 Å². The fraction of sp³-hybridized carbons (Fsp3) is 0.462. The van der Waals surface area contributed by atoms with E-state index in [-0.39, 0.29) is 7.43 Å². The van der Waals surface area contributed by atoms with Crippen molar-refractivity contribution >= 4 is 27.9 Å². The molecule has 0 bridgehead atoms. The largest absolute Gasteiger partial charge is 0.381 e. The first-order valence-electron chi connectivity index (χ1n) is 22.1. The van der Waals surface area contributed by atoms with Crippen molar-refractivity contribution in [1.29, 1.82) is 0 Å². The standard InChI is InChI=1S/C15H19N3.C14H18N2S.C12H14N2.5C2H6.CH4/c1-13(2)18(11-14-7-3-5-9-16-14)12-15-8-4-6-10-17-15;1-12(2)16(11-14-7-5-9-17-14)10-13-6-3-4-8-15-13;1-9(2)14-11-7-3-5-10-6-4-8-13-12(10)11;5*1-2;/h3-10,13H,11-12H2,1-2H3;3-9,12H,10-11H2,1-2H3;3-9,14H,1-2H3;5*1-2H3;1H4.